The fourth-order valence-corrected chi connectivity index (χ4v) is 3.97. The van der Waals surface area contributed by atoms with Crippen molar-refractivity contribution in [2.75, 3.05) is 44.3 Å². The summed E-state index contributed by atoms with van der Waals surface area (Å²) in [5.74, 6) is -0.0198. The SMILES string of the molecule is CCOC(=N)c1ccc(N2CC3(CCN(CCCC(=O)OCC)CC3)OC2=O)cc1.Cl. The Kier molecular flexibility index (Phi) is 9.13. The molecule has 2 heterocycles. The maximum atomic E-state index is 12.5. The number of nitrogens with zero attached hydrogens (tertiary/aromatic N) is 2. The number of halogens is 1. The van der Waals surface area contributed by atoms with Crippen molar-refractivity contribution in [3.05, 3.63) is 29.8 Å². The molecule has 3 rings (SSSR count). The Bertz CT molecular complexity index is 763. The van der Waals surface area contributed by atoms with Crippen LogP contribution in [0.3, 0.4) is 0 Å². The third-order valence-electron chi connectivity index (χ3n) is 5.63. The molecule has 0 atom stereocenters. The normalized spacial score (nSPS) is 17.7. The zero-order valence-corrected chi connectivity index (χ0v) is 19.0. The Balaban J connectivity index is 0.00000341. The molecule has 172 valence electrons. The van der Waals surface area contributed by atoms with Gasteiger partial charge in [0.25, 0.3) is 0 Å². The van der Waals surface area contributed by atoms with Gasteiger partial charge in [0.2, 0.25) is 5.90 Å². The highest BCUT2D eigenvalue weighted by Gasteiger charge is 2.47. The van der Waals surface area contributed by atoms with Gasteiger partial charge in [-0.15, -0.1) is 12.4 Å². The zero-order valence-electron chi connectivity index (χ0n) is 18.2. The molecule has 2 aliphatic heterocycles. The topological polar surface area (TPSA) is 92.2 Å². The number of nitrogens with one attached hydrogen (secondary N) is 1. The molecule has 0 bridgehead atoms. The molecule has 31 heavy (non-hydrogen) atoms. The molecule has 0 unspecified atom stereocenters. The van der Waals surface area contributed by atoms with Gasteiger partial charge in [-0.05, 0) is 51.1 Å². The lowest BCUT2D eigenvalue weighted by Crippen LogP contribution is -2.47. The lowest BCUT2D eigenvalue weighted by molar-refractivity contribution is -0.143. The molecule has 8 nitrogen and oxygen atoms in total. The summed E-state index contributed by atoms with van der Waals surface area (Å²) in [6.45, 7) is 7.59. The largest absolute Gasteiger partial charge is 0.478 e. The summed E-state index contributed by atoms with van der Waals surface area (Å²) in [5, 5.41) is 7.86. The first kappa shape index (κ1) is 24.9. The molecule has 2 aliphatic rings. The summed E-state index contributed by atoms with van der Waals surface area (Å²) in [5.41, 5.74) is 0.992. The van der Waals surface area contributed by atoms with Gasteiger partial charge in [0.05, 0.1) is 19.8 Å². The van der Waals surface area contributed by atoms with E-state index in [0.717, 1.165) is 44.6 Å². The number of hydrogen-bond donors (Lipinski definition) is 1. The number of esters is 1. The Hall–Kier alpha value is -2.32. The van der Waals surface area contributed by atoms with Crippen LogP contribution in [-0.4, -0.2) is 67.9 Å². The average molecular weight is 454 g/mol. The molecule has 2 fully saturated rings. The minimum Gasteiger partial charge on any atom is -0.478 e. The van der Waals surface area contributed by atoms with E-state index >= 15 is 0 Å². The highest BCUT2D eigenvalue weighted by molar-refractivity contribution is 5.94. The van der Waals surface area contributed by atoms with E-state index in [1.807, 2.05) is 26.0 Å². The average Bonchev–Trinajstić information content (AvgIpc) is 3.06. The lowest BCUT2D eigenvalue weighted by atomic mass is 9.91. The van der Waals surface area contributed by atoms with Crippen LogP contribution in [0.5, 0.6) is 0 Å². The van der Waals surface area contributed by atoms with Crippen LogP contribution in [0.1, 0.15) is 45.1 Å². The summed E-state index contributed by atoms with van der Waals surface area (Å²) >= 11 is 0. The predicted octanol–water partition coefficient (Wildman–Crippen LogP) is 3.60. The van der Waals surface area contributed by atoms with E-state index in [9.17, 15) is 9.59 Å². The van der Waals surface area contributed by atoms with Crippen LogP contribution in [-0.2, 0) is 19.0 Å². The smallest absolute Gasteiger partial charge is 0.415 e. The Labute approximate surface area is 189 Å². The highest BCUT2D eigenvalue weighted by atomic mass is 35.5. The Morgan fingerprint density at radius 3 is 2.39 bits per heavy atom. The van der Waals surface area contributed by atoms with E-state index in [0.29, 0.717) is 31.7 Å². The van der Waals surface area contributed by atoms with Gasteiger partial charge >= 0.3 is 12.1 Å². The number of carbonyl (C=O) groups is 2. The van der Waals surface area contributed by atoms with Gasteiger partial charge in [0.1, 0.15) is 5.60 Å². The molecule has 2 saturated heterocycles. The Morgan fingerprint density at radius 1 is 1.13 bits per heavy atom. The summed E-state index contributed by atoms with van der Waals surface area (Å²) < 4.78 is 16.0. The molecule has 1 spiro atoms. The molecule has 0 aliphatic carbocycles. The van der Waals surface area contributed by atoms with Gasteiger partial charge in [-0.1, -0.05) is 0 Å². The van der Waals surface area contributed by atoms with Crippen molar-refractivity contribution in [1.82, 2.24) is 4.90 Å². The van der Waals surface area contributed by atoms with E-state index < -0.39 is 5.60 Å². The van der Waals surface area contributed by atoms with E-state index in [2.05, 4.69) is 4.90 Å². The molecule has 1 aromatic carbocycles. The fraction of sp³-hybridized carbons (Fsp3) is 0.591. The molecule has 0 radical (unpaired) electrons. The van der Waals surface area contributed by atoms with Gasteiger partial charge in [-0.3, -0.25) is 15.1 Å². The van der Waals surface area contributed by atoms with Crippen LogP contribution >= 0.6 is 12.4 Å². The number of carbonyl (C=O) groups excluding carboxylic acids is 2. The summed E-state index contributed by atoms with van der Waals surface area (Å²) in [7, 11) is 0. The van der Waals surface area contributed by atoms with Crippen LogP contribution in [0.2, 0.25) is 0 Å². The number of likely N-dealkylation sites (tertiary alicyclic amines) is 1. The van der Waals surface area contributed by atoms with E-state index in [4.69, 9.17) is 19.6 Å². The number of hydrogen-bond acceptors (Lipinski definition) is 7. The van der Waals surface area contributed by atoms with Crippen LogP contribution in [0.15, 0.2) is 24.3 Å². The molecule has 0 aromatic heterocycles. The number of anilines is 1. The van der Waals surface area contributed by atoms with Crippen molar-refractivity contribution in [3.63, 3.8) is 0 Å². The molecule has 0 saturated carbocycles. The van der Waals surface area contributed by atoms with Crippen molar-refractivity contribution in [2.45, 2.75) is 45.1 Å². The summed E-state index contributed by atoms with van der Waals surface area (Å²) in [6, 6.07) is 7.23. The van der Waals surface area contributed by atoms with Crippen molar-refractivity contribution >= 4 is 36.1 Å². The number of amides is 1. The van der Waals surface area contributed by atoms with E-state index in [-0.39, 0.29) is 30.4 Å². The van der Waals surface area contributed by atoms with Gasteiger partial charge in [-0.25, -0.2) is 4.79 Å². The predicted molar refractivity (Wildman–Crippen MR) is 120 cm³/mol. The molecule has 9 heteroatoms. The number of piperidine rings is 1. The van der Waals surface area contributed by atoms with Gasteiger partial charge in [0, 0.05) is 43.6 Å². The zero-order chi connectivity index (χ0) is 21.6. The summed E-state index contributed by atoms with van der Waals surface area (Å²) in [4.78, 5) is 28.0. The second-order valence-electron chi connectivity index (χ2n) is 7.70. The number of rotatable bonds is 8. The van der Waals surface area contributed by atoms with Crippen molar-refractivity contribution < 1.29 is 23.8 Å². The minimum atomic E-state index is -0.453. The quantitative estimate of drug-likeness (QED) is 0.367. The van der Waals surface area contributed by atoms with E-state index in [1.165, 1.54) is 0 Å². The highest BCUT2D eigenvalue weighted by Crippen LogP contribution is 2.35. The van der Waals surface area contributed by atoms with Gasteiger partial charge < -0.3 is 19.1 Å². The van der Waals surface area contributed by atoms with Crippen LogP contribution in [0.4, 0.5) is 10.5 Å². The maximum absolute atomic E-state index is 12.5. The summed E-state index contributed by atoms with van der Waals surface area (Å²) in [6.07, 6.45) is 2.46. The second-order valence-corrected chi connectivity index (χ2v) is 7.70. The molecule has 1 N–H and O–H groups in total. The lowest BCUT2D eigenvalue weighted by Gasteiger charge is -2.37. The standard InChI is InChI=1S/C22H31N3O5.ClH/c1-3-28-19(26)6-5-13-24-14-11-22(12-15-24)16-25(21(27)30-22)18-9-7-17(8-10-18)20(23)29-4-2;/h7-10,23H,3-6,11-16H2,1-2H3;1H. The van der Waals surface area contributed by atoms with Crippen LogP contribution in [0, 0.1) is 5.41 Å². The Morgan fingerprint density at radius 2 is 1.77 bits per heavy atom. The first-order chi connectivity index (χ1) is 14.5. The third-order valence-corrected chi connectivity index (χ3v) is 5.63. The first-order valence-corrected chi connectivity index (χ1v) is 10.7. The van der Waals surface area contributed by atoms with Gasteiger partial charge in [-0.2, -0.15) is 0 Å². The molecule has 1 aromatic rings. The van der Waals surface area contributed by atoms with E-state index in [1.54, 1.807) is 17.0 Å². The van der Waals surface area contributed by atoms with Crippen molar-refractivity contribution in [2.24, 2.45) is 0 Å². The second kappa shape index (κ2) is 11.3. The minimum absolute atomic E-state index is 0. The number of benzene rings is 1. The first-order valence-electron chi connectivity index (χ1n) is 10.7. The van der Waals surface area contributed by atoms with Gasteiger partial charge in [0.15, 0.2) is 0 Å². The third kappa shape index (κ3) is 6.33. The molecular formula is C22H32ClN3O5. The van der Waals surface area contributed by atoms with Crippen molar-refractivity contribution in [3.8, 4) is 0 Å². The molecule has 1 amide bonds. The number of ether oxygens (including phenoxy) is 3. The molecular weight excluding hydrogens is 422 g/mol. The maximum Gasteiger partial charge on any atom is 0.415 e. The van der Waals surface area contributed by atoms with Crippen LogP contribution in [0.25, 0.3) is 0 Å². The fourth-order valence-electron chi connectivity index (χ4n) is 3.97. The van der Waals surface area contributed by atoms with Crippen molar-refractivity contribution in [1.29, 1.82) is 5.41 Å². The monoisotopic (exact) mass is 453 g/mol. The van der Waals surface area contributed by atoms with Crippen LogP contribution < -0.4 is 4.90 Å².